The van der Waals surface area contributed by atoms with Gasteiger partial charge in [0.15, 0.2) is 0 Å². The number of hydrogen-bond donors (Lipinski definition) is 1. The van der Waals surface area contributed by atoms with Gasteiger partial charge in [0.1, 0.15) is 5.60 Å². The summed E-state index contributed by atoms with van der Waals surface area (Å²) in [5.74, 6) is 0.604. The highest BCUT2D eigenvalue weighted by Gasteiger charge is 2.47. The largest absolute Gasteiger partial charge is 0.383 e. The van der Waals surface area contributed by atoms with Crippen LogP contribution >= 0.6 is 0 Å². The Labute approximate surface area is 119 Å². The summed E-state index contributed by atoms with van der Waals surface area (Å²) in [6.45, 7) is 0. The number of fused-ring (bicyclic) bond motifs is 3. The van der Waals surface area contributed by atoms with Gasteiger partial charge in [0.05, 0.1) is 11.9 Å². The molecule has 0 radical (unpaired) electrons. The quantitative estimate of drug-likeness (QED) is 0.862. The Morgan fingerprint density at radius 1 is 1.30 bits per heavy atom. The van der Waals surface area contributed by atoms with Gasteiger partial charge in [-0.2, -0.15) is 0 Å². The van der Waals surface area contributed by atoms with Crippen LogP contribution in [0.25, 0.3) is 5.78 Å². The molecule has 2 aliphatic heterocycles. The molecule has 106 valence electrons. The second-order valence-corrected chi connectivity index (χ2v) is 7.87. The van der Waals surface area contributed by atoms with E-state index >= 15 is 0 Å². The molecule has 2 fully saturated rings. The van der Waals surface area contributed by atoms with E-state index in [2.05, 4.69) is 9.97 Å². The van der Waals surface area contributed by atoms with E-state index in [-0.39, 0.29) is 10.5 Å². The Morgan fingerprint density at radius 2 is 2.05 bits per heavy atom. The van der Waals surface area contributed by atoms with Gasteiger partial charge < -0.3 is 5.11 Å². The van der Waals surface area contributed by atoms with E-state index in [0.29, 0.717) is 18.6 Å². The third-order valence-electron chi connectivity index (χ3n) is 4.61. The average molecular weight is 291 g/mol. The van der Waals surface area contributed by atoms with E-state index in [9.17, 15) is 9.32 Å². The number of imidazole rings is 1. The molecule has 2 saturated heterocycles. The van der Waals surface area contributed by atoms with Gasteiger partial charge in [-0.3, -0.25) is 8.61 Å². The van der Waals surface area contributed by atoms with Crippen molar-refractivity contribution < 1.29 is 9.32 Å². The smallest absolute Gasteiger partial charge is 0.233 e. The van der Waals surface area contributed by atoms with Crippen molar-refractivity contribution in [2.75, 3.05) is 0 Å². The number of aliphatic hydroxyl groups is 1. The van der Waals surface area contributed by atoms with E-state index in [1.165, 1.54) is 0 Å². The lowest BCUT2D eigenvalue weighted by atomic mass is 9.83. The molecule has 0 aliphatic carbocycles. The Morgan fingerprint density at radius 3 is 2.80 bits per heavy atom. The predicted molar refractivity (Wildman–Crippen MR) is 75.7 cm³/mol. The summed E-state index contributed by atoms with van der Waals surface area (Å²) in [6, 6.07) is 1.84. The monoisotopic (exact) mass is 291 g/mol. The minimum Gasteiger partial charge on any atom is -0.383 e. The fourth-order valence-corrected chi connectivity index (χ4v) is 5.89. The molecule has 2 bridgehead atoms. The van der Waals surface area contributed by atoms with Crippen molar-refractivity contribution in [2.24, 2.45) is 0 Å². The van der Waals surface area contributed by atoms with Crippen LogP contribution in [0, 0.1) is 0 Å². The molecule has 0 amide bonds. The predicted octanol–water partition coefficient (Wildman–Crippen LogP) is 1.38. The molecule has 20 heavy (non-hydrogen) atoms. The van der Waals surface area contributed by atoms with Crippen molar-refractivity contribution in [1.29, 1.82) is 0 Å². The van der Waals surface area contributed by atoms with Gasteiger partial charge in [-0.05, 0) is 31.7 Å². The van der Waals surface area contributed by atoms with Crippen molar-refractivity contribution in [3.8, 4) is 0 Å². The molecule has 4 rings (SSSR count). The summed E-state index contributed by atoms with van der Waals surface area (Å²) in [5, 5.41) is 11.4. The number of rotatable bonds is 1. The van der Waals surface area contributed by atoms with Gasteiger partial charge in [0, 0.05) is 33.7 Å². The maximum atomic E-state index is 12.3. The molecule has 5 nitrogen and oxygen atoms in total. The second-order valence-electron chi connectivity index (χ2n) is 5.88. The maximum absolute atomic E-state index is 12.3. The highest BCUT2D eigenvalue weighted by molar-refractivity contribution is 7.86. The molecule has 2 aromatic rings. The average Bonchev–Trinajstić information content (AvgIpc) is 2.85. The van der Waals surface area contributed by atoms with Crippen molar-refractivity contribution in [1.82, 2.24) is 14.4 Å². The van der Waals surface area contributed by atoms with Crippen LogP contribution in [0.4, 0.5) is 0 Å². The minimum absolute atomic E-state index is 0.120. The Balaban J connectivity index is 1.79. The van der Waals surface area contributed by atoms with Gasteiger partial charge in [-0.25, -0.2) is 9.97 Å². The van der Waals surface area contributed by atoms with Crippen molar-refractivity contribution in [2.45, 2.75) is 48.2 Å². The third-order valence-corrected chi connectivity index (χ3v) is 6.72. The lowest BCUT2D eigenvalue weighted by Gasteiger charge is -2.43. The molecular weight excluding hydrogens is 274 g/mol. The van der Waals surface area contributed by atoms with Crippen LogP contribution in [-0.4, -0.2) is 34.2 Å². The molecular formula is C14H17N3O2S. The van der Waals surface area contributed by atoms with E-state index in [0.717, 1.165) is 25.0 Å². The first-order valence-corrected chi connectivity index (χ1v) is 8.35. The van der Waals surface area contributed by atoms with E-state index in [1.54, 1.807) is 12.4 Å². The number of nitrogens with zero attached hydrogens (tertiary/aromatic N) is 3. The highest BCUT2D eigenvalue weighted by atomic mass is 32.2. The van der Waals surface area contributed by atoms with Crippen LogP contribution in [0.15, 0.2) is 24.7 Å². The maximum Gasteiger partial charge on any atom is 0.233 e. The van der Waals surface area contributed by atoms with E-state index in [4.69, 9.17) is 0 Å². The summed E-state index contributed by atoms with van der Waals surface area (Å²) >= 11 is 0. The molecule has 4 heterocycles. The summed E-state index contributed by atoms with van der Waals surface area (Å²) in [6.07, 6.45) is 9.47. The minimum atomic E-state index is -0.924. The summed E-state index contributed by atoms with van der Waals surface area (Å²) < 4.78 is 14.1. The van der Waals surface area contributed by atoms with Gasteiger partial charge in [-0.15, -0.1) is 0 Å². The van der Waals surface area contributed by atoms with Crippen molar-refractivity contribution in [3.63, 3.8) is 0 Å². The Bertz CT molecular complexity index is 668. The van der Waals surface area contributed by atoms with Crippen LogP contribution < -0.4 is 0 Å². The number of hydrogen-bond acceptors (Lipinski definition) is 4. The zero-order valence-corrected chi connectivity index (χ0v) is 11.9. The van der Waals surface area contributed by atoms with E-state index in [1.807, 2.05) is 16.7 Å². The summed E-state index contributed by atoms with van der Waals surface area (Å²) in [5.41, 5.74) is -0.138. The first kappa shape index (κ1) is 12.5. The fourth-order valence-electron chi connectivity index (χ4n) is 3.66. The van der Waals surface area contributed by atoms with Crippen molar-refractivity contribution >= 4 is 16.6 Å². The van der Waals surface area contributed by atoms with Crippen LogP contribution in [0.3, 0.4) is 0 Å². The fraction of sp³-hybridized carbons (Fsp3) is 0.571. The molecule has 0 saturated carbocycles. The second kappa shape index (κ2) is 4.36. The molecule has 2 aromatic heterocycles. The lowest BCUT2D eigenvalue weighted by Crippen LogP contribution is -2.47. The van der Waals surface area contributed by atoms with Crippen LogP contribution in [0.2, 0.25) is 0 Å². The lowest BCUT2D eigenvalue weighted by molar-refractivity contribution is 0.00172. The summed E-state index contributed by atoms with van der Waals surface area (Å²) in [7, 11) is -0.783. The van der Waals surface area contributed by atoms with Gasteiger partial charge in [0.2, 0.25) is 5.78 Å². The molecule has 2 unspecified atom stereocenters. The van der Waals surface area contributed by atoms with Crippen LogP contribution in [-0.2, 0) is 16.4 Å². The van der Waals surface area contributed by atoms with Gasteiger partial charge >= 0.3 is 0 Å². The number of aromatic nitrogens is 3. The molecule has 0 aromatic carbocycles. The topological polar surface area (TPSA) is 67.5 Å². The summed E-state index contributed by atoms with van der Waals surface area (Å²) in [4.78, 5) is 8.46. The van der Waals surface area contributed by atoms with Crippen LogP contribution in [0.1, 0.15) is 37.8 Å². The molecule has 0 spiro atoms. The van der Waals surface area contributed by atoms with Crippen molar-refractivity contribution in [3.05, 3.63) is 30.4 Å². The standard InChI is InChI=1S/C14H17N3O2S/c18-14(7-10-3-1-4-11(8-14)20(10)19)12-9-16-13-15-5-2-6-17(12)13/h2,5-6,9-11,18H,1,3-4,7-8H2. The van der Waals surface area contributed by atoms with Gasteiger partial charge in [0.25, 0.3) is 0 Å². The molecule has 2 atom stereocenters. The Kier molecular flexibility index (Phi) is 2.72. The van der Waals surface area contributed by atoms with Gasteiger partial charge in [-0.1, -0.05) is 6.42 Å². The normalized spacial score (nSPS) is 37.1. The molecule has 1 N–H and O–H groups in total. The molecule has 2 aliphatic rings. The molecule has 6 heteroatoms. The third kappa shape index (κ3) is 1.74. The Hall–Kier alpha value is -1.27. The SMILES string of the molecule is O=S1C2CCCC1CC(O)(c1cnc3ncccn13)C2. The van der Waals surface area contributed by atoms with E-state index < -0.39 is 16.4 Å². The van der Waals surface area contributed by atoms with Crippen LogP contribution in [0.5, 0.6) is 0 Å². The zero-order chi connectivity index (χ0) is 13.7. The highest BCUT2D eigenvalue weighted by Crippen LogP contribution is 2.44. The first-order valence-electron chi connectivity index (χ1n) is 7.08. The first-order chi connectivity index (χ1) is 9.67. The zero-order valence-electron chi connectivity index (χ0n) is 11.1.